The zero-order chi connectivity index (χ0) is 44.5. The van der Waals surface area contributed by atoms with Gasteiger partial charge in [0.25, 0.3) is 5.91 Å². The number of hydrogen-bond acceptors (Lipinski definition) is 8. The van der Waals surface area contributed by atoms with Gasteiger partial charge in [-0.15, -0.1) is 0 Å². The molecule has 11 nitrogen and oxygen atoms in total. The van der Waals surface area contributed by atoms with Crippen molar-refractivity contribution in [2.75, 3.05) is 36.2 Å². The van der Waals surface area contributed by atoms with Crippen molar-refractivity contribution < 1.29 is 54.6 Å². The van der Waals surface area contributed by atoms with E-state index in [1.54, 1.807) is 4.90 Å². The first-order valence-electron chi connectivity index (χ1n) is 18.9. The molecule has 19 heteroatoms. The summed E-state index contributed by atoms with van der Waals surface area (Å²) in [6, 6.07) is 6.31. The van der Waals surface area contributed by atoms with Crippen molar-refractivity contribution in [3.63, 3.8) is 0 Å². The molecule has 2 fully saturated rings. The van der Waals surface area contributed by atoms with Crippen LogP contribution in [0.15, 0.2) is 42.6 Å². The quantitative estimate of drug-likeness (QED) is 0.105. The van der Waals surface area contributed by atoms with Crippen molar-refractivity contribution in [2.24, 2.45) is 5.41 Å². The summed E-state index contributed by atoms with van der Waals surface area (Å²) in [5.74, 6) is -5.90. The standard InChI is InChI=1S/C41H43F7N6O5S/c1-22-8-7-14-52(22)36(56)35(39(2,3)4)51-31(55)21-58-15-13-25(42)20-59-30-12-10-23(16-27(30)43)34-28(44)17-26(19-50-34)54-38(60)53(37(57)40(54,5)6)29-11-9-24(18-49)32(33(29)45)41(46,47)48/h9-12,16-17,19,22,25,35H,7-8,13-15,20-21H2,1-6H3,(H,51,55). The number of alkyl halides is 4. The molecule has 2 aromatic carbocycles. The maximum Gasteiger partial charge on any atom is 0.420 e. The van der Waals surface area contributed by atoms with Crippen LogP contribution in [0.4, 0.5) is 42.1 Å². The third-order valence-electron chi connectivity index (χ3n) is 10.2. The molecule has 5 rings (SSSR count). The Morgan fingerprint density at radius 3 is 2.38 bits per heavy atom. The molecule has 1 aromatic heterocycles. The Labute approximate surface area is 347 Å². The lowest BCUT2D eigenvalue weighted by molar-refractivity contribution is -0.141. The molecule has 3 unspecified atom stereocenters. The number of nitriles is 1. The zero-order valence-electron chi connectivity index (χ0n) is 33.6. The van der Waals surface area contributed by atoms with Gasteiger partial charge in [-0.25, -0.2) is 17.6 Å². The van der Waals surface area contributed by atoms with E-state index < -0.39 is 93.8 Å². The first-order chi connectivity index (χ1) is 28.0. The predicted molar refractivity (Wildman–Crippen MR) is 210 cm³/mol. The number of carbonyl (C=O) groups is 3. The molecular formula is C41H43F7N6O5S. The molecule has 322 valence electrons. The Kier molecular flexibility index (Phi) is 13.5. The number of carbonyl (C=O) groups excluding carboxylic acids is 3. The molecule has 3 amide bonds. The van der Waals surface area contributed by atoms with E-state index in [1.807, 2.05) is 27.7 Å². The highest BCUT2D eigenvalue weighted by Crippen LogP contribution is 2.42. The van der Waals surface area contributed by atoms with E-state index in [9.17, 15) is 31.9 Å². The fraction of sp³-hybridized carbons (Fsp3) is 0.463. The number of thiocarbonyl (C=S) groups is 1. The number of rotatable bonds is 13. The minimum atomic E-state index is -5.28. The van der Waals surface area contributed by atoms with Gasteiger partial charge in [0.15, 0.2) is 28.3 Å². The van der Waals surface area contributed by atoms with Crippen molar-refractivity contribution in [3.8, 4) is 23.1 Å². The van der Waals surface area contributed by atoms with Gasteiger partial charge >= 0.3 is 6.18 Å². The van der Waals surface area contributed by atoms with E-state index in [4.69, 9.17) is 27.0 Å². The maximum atomic E-state index is 15.6. The molecule has 3 atom stereocenters. The summed E-state index contributed by atoms with van der Waals surface area (Å²) in [4.78, 5) is 46.7. The Morgan fingerprint density at radius 1 is 1.10 bits per heavy atom. The third kappa shape index (κ3) is 9.49. The summed E-state index contributed by atoms with van der Waals surface area (Å²) in [6.07, 6.45) is -4.24. The van der Waals surface area contributed by atoms with Gasteiger partial charge in [0.1, 0.15) is 42.2 Å². The highest BCUT2D eigenvalue weighted by Gasteiger charge is 2.52. The average Bonchev–Trinajstić information content (AvgIpc) is 3.66. The fourth-order valence-corrected chi connectivity index (χ4v) is 7.51. The number of anilines is 2. The van der Waals surface area contributed by atoms with Gasteiger partial charge in [0.05, 0.1) is 35.8 Å². The second-order valence-corrected chi connectivity index (χ2v) is 16.4. The van der Waals surface area contributed by atoms with Crippen LogP contribution < -0.4 is 19.9 Å². The summed E-state index contributed by atoms with van der Waals surface area (Å²) in [5.41, 5.74) is -6.55. The Balaban J connectivity index is 1.18. The van der Waals surface area contributed by atoms with Gasteiger partial charge in [-0.05, 0) is 81.6 Å². The van der Waals surface area contributed by atoms with Gasteiger partial charge in [-0.3, -0.25) is 24.3 Å². The van der Waals surface area contributed by atoms with E-state index in [1.165, 1.54) is 26.0 Å². The largest absolute Gasteiger partial charge is 0.487 e. The van der Waals surface area contributed by atoms with Crippen LogP contribution in [-0.4, -0.2) is 82.9 Å². The van der Waals surface area contributed by atoms with Crippen LogP contribution in [0.25, 0.3) is 11.3 Å². The Bertz CT molecular complexity index is 2210. The van der Waals surface area contributed by atoms with Gasteiger partial charge < -0.3 is 24.6 Å². The van der Waals surface area contributed by atoms with E-state index in [2.05, 4.69) is 10.3 Å². The van der Waals surface area contributed by atoms with Crippen LogP contribution in [0.2, 0.25) is 0 Å². The van der Waals surface area contributed by atoms with Crippen molar-refractivity contribution in [1.29, 1.82) is 5.26 Å². The number of nitrogens with zero attached hydrogens (tertiary/aromatic N) is 5. The lowest BCUT2D eigenvalue weighted by Crippen LogP contribution is -2.56. The van der Waals surface area contributed by atoms with Crippen molar-refractivity contribution in [3.05, 3.63) is 71.2 Å². The second-order valence-electron chi connectivity index (χ2n) is 16.1. The van der Waals surface area contributed by atoms with Gasteiger partial charge in [0.2, 0.25) is 11.8 Å². The number of pyridine rings is 1. The minimum Gasteiger partial charge on any atom is -0.487 e. The molecule has 0 saturated carbocycles. The van der Waals surface area contributed by atoms with E-state index in [0.717, 1.165) is 48.2 Å². The predicted octanol–water partition coefficient (Wildman–Crippen LogP) is 7.64. The molecule has 2 saturated heterocycles. The fourth-order valence-electron chi connectivity index (χ4n) is 6.99. The normalized spacial score (nSPS) is 17.8. The monoisotopic (exact) mass is 864 g/mol. The number of ether oxygens (including phenoxy) is 2. The zero-order valence-corrected chi connectivity index (χ0v) is 34.4. The van der Waals surface area contributed by atoms with Crippen LogP contribution in [0.1, 0.15) is 71.9 Å². The molecular weight excluding hydrogens is 822 g/mol. The number of benzene rings is 2. The Hall–Kier alpha value is -5.35. The molecule has 60 heavy (non-hydrogen) atoms. The van der Waals surface area contributed by atoms with Crippen LogP contribution in [-0.2, 0) is 25.3 Å². The van der Waals surface area contributed by atoms with Gasteiger partial charge in [0, 0.05) is 30.6 Å². The highest BCUT2D eigenvalue weighted by atomic mass is 32.1. The summed E-state index contributed by atoms with van der Waals surface area (Å²) < 4.78 is 113. The lowest BCUT2D eigenvalue weighted by atomic mass is 9.85. The van der Waals surface area contributed by atoms with Crippen LogP contribution in [0.3, 0.4) is 0 Å². The number of aromatic nitrogens is 1. The molecule has 0 bridgehead atoms. The van der Waals surface area contributed by atoms with Crippen molar-refractivity contribution in [1.82, 2.24) is 15.2 Å². The molecule has 3 heterocycles. The van der Waals surface area contributed by atoms with Gasteiger partial charge in [-0.1, -0.05) is 20.8 Å². The summed E-state index contributed by atoms with van der Waals surface area (Å²) in [7, 11) is 0. The number of hydrogen-bond donors (Lipinski definition) is 1. The number of nitrogens with one attached hydrogen (secondary N) is 1. The van der Waals surface area contributed by atoms with Crippen LogP contribution in [0, 0.1) is 34.2 Å². The maximum absolute atomic E-state index is 15.6. The van der Waals surface area contributed by atoms with Crippen molar-refractivity contribution in [2.45, 2.75) is 90.8 Å². The van der Waals surface area contributed by atoms with E-state index in [-0.39, 0.29) is 47.7 Å². The van der Waals surface area contributed by atoms with Gasteiger partial charge in [-0.2, -0.15) is 18.4 Å². The molecule has 1 N–H and O–H groups in total. The highest BCUT2D eigenvalue weighted by molar-refractivity contribution is 7.81. The summed E-state index contributed by atoms with van der Waals surface area (Å²) >= 11 is 5.39. The molecule has 2 aliphatic rings. The SMILES string of the molecule is CC1CCCN1C(=O)C(NC(=O)COCCC(F)COc1ccc(-c2ncc(N3C(=S)N(c4ccc(C#N)c(C(F)(F)F)c4F)C(=O)C3(C)C)cc2F)cc1F)C(C)(C)C. The topological polar surface area (TPSA) is 128 Å². The molecule has 0 radical (unpaired) electrons. The molecule has 2 aliphatic heterocycles. The van der Waals surface area contributed by atoms with Crippen LogP contribution >= 0.6 is 12.2 Å². The second kappa shape index (κ2) is 17.7. The van der Waals surface area contributed by atoms with Crippen LogP contribution in [0.5, 0.6) is 5.75 Å². The minimum absolute atomic E-state index is 0.0574. The molecule has 3 aromatic rings. The first kappa shape index (κ1) is 45.7. The lowest BCUT2D eigenvalue weighted by Gasteiger charge is -2.35. The molecule has 0 aliphatic carbocycles. The Morgan fingerprint density at radius 2 is 1.80 bits per heavy atom. The van der Waals surface area contributed by atoms with Crippen molar-refractivity contribution >= 4 is 46.4 Å². The third-order valence-corrected chi connectivity index (χ3v) is 10.6. The number of amides is 3. The average molecular weight is 865 g/mol. The first-order valence-corrected chi connectivity index (χ1v) is 19.3. The smallest absolute Gasteiger partial charge is 0.420 e. The number of likely N-dealkylation sites (tertiary alicyclic amines) is 1. The molecule has 0 spiro atoms. The van der Waals surface area contributed by atoms with E-state index in [0.29, 0.717) is 17.5 Å². The summed E-state index contributed by atoms with van der Waals surface area (Å²) in [5, 5.41) is 11.4. The summed E-state index contributed by atoms with van der Waals surface area (Å²) in [6.45, 7) is 9.61. The number of halogens is 7. The van der Waals surface area contributed by atoms with E-state index >= 15 is 13.2 Å².